The molecule has 0 atom stereocenters. The number of piperidine rings is 2. The van der Waals surface area contributed by atoms with Gasteiger partial charge in [0.15, 0.2) is 0 Å². The van der Waals surface area contributed by atoms with Crippen molar-refractivity contribution < 1.29 is 14.4 Å². The molecule has 3 fully saturated rings. The molecule has 3 aliphatic heterocycles. The fraction of sp³-hybridized carbons (Fsp3) is 0.625. The molecule has 7 nitrogen and oxygen atoms in total. The first-order valence-electron chi connectivity index (χ1n) is 11.7. The molecule has 1 aromatic carbocycles. The number of carbonyl (C=O) groups excluding carboxylic acids is 3. The molecule has 0 bridgehead atoms. The molecule has 3 heterocycles. The number of fused-ring (bicyclic) bond motifs is 1. The second-order valence-corrected chi connectivity index (χ2v) is 9.99. The SMILES string of the molecule is NC(=O)c1ccc2c(c1)CC(=O)N2CC1CCN(CC(=O)N2CCC3(CC2)CC3)CC1. The van der Waals surface area contributed by atoms with E-state index in [-0.39, 0.29) is 11.8 Å². The van der Waals surface area contributed by atoms with Crippen molar-refractivity contribution in [1.29, 1.82) is 0 Å². The van der Waals surface area contributed by atoms with Crippen LogP contribution in [0.1, 0.15) is 54.4 Å². The fourth-order valence-corrected chi connectivity index (χ4v) is 5.52. The summed E-state index contributed by atoms with van der Waals surface area (Å²) in [6.07, 6.45) is 7.42. The summed E-state index contributed by atoms with van der Waals surface area (Å²) in [7, 11) is 0. The molecule has 1 spiro atoms. The Bertz CT molecular complexity index is 892. The highest BCUT2D eigenvalue weighted by Crippen LogP contribution is 2.53. The number of hydrogen-bond acceptors (Lipinski definition) is 4. The number of rotatable bonds is 5. The number of nitrogens with zero attached hydrogens (tertiary/aromatic N) is 3. The van der Waals surface area contributed by atoms with Crippen LogP contribution in [0, 0.1) is 11.3 Å². The summed E-state index contributed by atoms with van der Waals surface area (Å²) in [5.41, 5.74) is 8.21. The van der Waals surface area contributed by atoms with Crippen molar-refractivity contribution in [3.8, 4) is 0 Å². The van der Waals surface area contributed by atoms with Crippen molar-refractivity contribution in [2.45, 2.75) is 44.9 Å². The Kier molecular flexibility index (Phi) is 5.24. The van der Waals surface area contributed by atoms with Crippen LogP contribution in [0.15, 0.2) is 18.2 Å². The lowest BCUT2D eigenvalue weighted by molar-refractivity contribution is -0.134. The lowest BCUT2D eigenvalue weighted by atomic mass is 9.93. The lowest BCUT2D eigenvalue weighted by Crippen LogP contribution is -2.47. The van der Waals surface area contributed by atoms with Crippen molar-refractivity contribution in [1.82, 2.24) is 9.80 Å². The maximum Gasteiger partial charge on any atom is 0.248 e. The molecule has 4 aliphatic rings. The molecule has 5 rings (SSSR count). The van der Waals surface area contributed by atoms with Crippen LogP contribution in [0.5, 0.6) is 0 Å². The highest BCUT2D eigenvalue weighted by Gasteiger charge is 2.45. The minimum atomic E-state index is -0.466. The molecule has 0 aromatic heterocycles. The van der Waals surface area contributed by atoms with E-state index in [2.05, 4.69) is 9.80 Å². The van der Waals surface area contributed by atoms with Crippen LogP contribution in [-0.4, -0.2) is 66.8 Å². The molecule has 2 saturated heterocycles. The van der Waals surface area contributed by atoms with Crippen molar-refractivity contribution in [2.75, 3.05) is 44.2 Å². The van der Waals surface area contributed by atoms with E-state index in [1.54, 1.807) is 12.1 Å². The Morgan fingerprint density at radius 3 is 2.39 bits per heavy atom. The van der Waals surface area contributed by atoms with Gasteiger partial charge in [0.25, 0.3) is 0 Å². The first kappa shape index (κ1) is 20.5. The van der Waals surface area contributed by atoms with E-state index in [1.165, 1.54) is 25.7 Å². The second-order valence-electron chi connectivity index (χ2n) is 9.99. The minimum Gasteiger partial charge on any atom is -0.366 e. The van der Waals surface area contributed by atoms with Crippen LogP contribution in [0.3, 0.4) is 0 Å². The van der Waals surface area contributed by atoms with Gasteiger partial charge in [-0.2, -0.15) is 0 Å². The average Bonchev–Trinajstić information content (AvgIpc) is 3.44. The van der Waals surface area contributed by atoms with E-state index in [9.17, 15) is 14.4 Å². The van der Waals surface area contributed by atoms with Crippen LogP contribution in [-0.2, 0) is 16.0 Å². The molecule has 1 saturated carbocycles. The Labute approximate surface area is 183 Å². The van der Waals surface area contributed by atoms with Crippen LogP contribution >= 0.6 is 0 Å². The summed E-state index contributed by atoms with van der Waals surface area (Å²) in [6, 6.07) is 5.29. The van der Waals surface area contributed by atoms with Crippen LogP contribution in [0.4, 0.5) is 5.69 Å². The number of benzene rings is 1. The zero-order chi connectivity index (χ0) is 21.6. The summed E-state index contributed by atoms with van der Waals surface area (Å²) in [5.74, 6) is 0.338. The van der Waals surface area contributed by atoms with Gasteiger partial charge in [-0.1, -0.05) is 0 Å². The van der Waals surface area contributed by atoms with E-state index in [1.807, 2.05) is 11.0 Å². The number of primary amides is 1. The molecular weight excluding hydrogens is 392 g/mol. The van der Waals surface area contributed by atoms with Gasteiger partial charge >= 0.3 is 0 Å². The number of carbonyl (C=O) groups is 3. The van der Waals surface area contributed by atoms with Gasteiger partial charge < -0.3 is 15.5 Å². The normalized spacial score (nSPS) is 23.3. The van der Waals surface area contributed by atoms with Gasteiger partial charge in [-0.3, -0.25) is 19.3 Å². The maximum atomic E-state index is 12.7. The van der Waals surface area contributed by atoms with Crippen molar-refractivity contribution in [3.63, 3.8) is 0 Å². The van der Waals surface area contributed by atoms with Crippen LogP contribution in [0.25, 0.3) is 0 Å². The minimum absolute atomic E-state index is 0.0905. The van der Waals surface area contributed by atoms with E-state index in [0.29, 0.717) is 36.4 Å². The fourth-order valence-electron chi connectivity index (χ4n) is 5.52. The quantitative estimate of drug-likeness (QED) is 0.781. The molecular formula is C24H32N4O3. The van der Waals surface area contributed by atoms with Gasteiger partial charge in [-0.05, 0) is 86.7 Å². The predicted octanol–water partition coefficient (Wildman–Crippen LogP) is 1.79. The topological polar surface area (TPSA) is 87.0 Å². The molecule has 31 heavy (non-hydrogen) atoms. The molecule has 0 radical (unpaired) electrons. The summed E-state index contributed by atoms with van der Waals surface area (Å²) < 4.78 is 0. The van der Waals surface area contributed by atoms with Gasteiger partial charge in [0.2, 0.25) is 17.7 Å². The number of amides is 3. The van der Waals surface area contributed by atoms with Gasteiger partial charge in [0.1, 0.15) is 0 Å². The van der Waals surface area contributed by atoms with E-state index < -0.39 is 5.91 Å². The number of nitrogens with two attached hydrogens (primary N) is 1. The Morgan fingerprint density at radius 1 is 1.03 bits per heavy atom. The Hall–Kier alpha value is -2.41. The van der Waals surface area contributed by atoms with Gasteiger partial charge in [0, 0.05) is 30.9 Å². The summed E-state index contributed by atoms with van der Waals surface area (Å²) in [6.45, 7) is 4.92. The molecule has 1 aromatic rings. The number of anilines is 1. The molecule has 1 aliphatic carbocycles. The lowest BCUT2D eigenvalue weighted by Gasteiger charge is -2.36. The van der Waals surface area contributed by atoms with Gasteiger partial charge in [-0.25, -0.2) is 0 Å². The Balaban J connectivity index is 1.11. The summed E-state index contributed by atoms with van der Waals surface area (Å²) in [5, 5.41) is 0. The number of likely N-dealkylation sites (tertiary alicyclic amines) is 2. The summed E-state index contributed by atoms with van der Waals surface area (Å²) >= 11 is 0. The highest BCUT2D eigenvalue weighted by atomic mass is 16.2. The van der Waals surface area contributed by atoms with E-state index in [0.717, 1.165) is 50.3 Å². The first-order valence-corrected chi connectivity index (χ1v) is 11.7. The smallest absolute Gasteiger partial charge is 0.248 e. The van der Waals surface area contributed by atoms with Crippen LogP contribution < -0.4 is 10.6 Å². The number of hydrogen-bond donors (Lipinski definition) is 1. The van der Waals surface area contributed by atoms with Crippen LogP contribution in [0.2, 0.25) is 0 Å². The zero-order valence-electron chi connectivity index (χ0n) is 18.1. The molecule has 166 valence electrons. The Morgan fingerprint density at radius 2 is 1.74 bits per heavy atom. The molecule has 7 heteroatoms. The zero-order valence-corrected chi connectivity index (χ0v) is 18.1. The third kappa shape index (κ3) is 4.20. The van der Waals surface area contributed by atoms with Gasteiger partial charge in [0.05, 0.1) is 13.0 Å². The van der Waals surface area contributed by atoms with E-state index in [4.69, 9.17) is 5.73 Å². The summed E-state index contributed by atoms with van der Waals surface area (Å²) in [4.78, 5) is 42.9. The highest BCUT2D eigenvalue weighted by molar-refractivity contribution is 6.03. The van der Waals surface area contributed by atoms with Crippen molar-refractivity contribution >= 4 is 23.4 Å². The molecule has 0 unspecified atom stereocenters. The largest absolute Gasteiger partial charge is 0.366 e. The van der Waals surface area contributed by atoms with Gasteiger partial charge in [-0.15, -0.1) is 0 Å². The first-order chi connectivity index (χ1) is 14.9. The monoisotopic (exact) mass is 424 g/mol. The third-order valence-electron chi connectivity index (χ3n) is 7.94. The van der Waals surface area contributed by atoms with Crippen molar-refractivity contribution in [3.05, 3.63) is 29.3 Å². The predicted molar refractivity (Wildman–Crippen MR) is 118 cm³/mol. The standard InChI is InChI=1S/C24H32N4O3/c25-23(31)18-1-2-20-19(13-18)14-21(29)28(20)15-17-3-9-26(10-4-17)16-22(30)27-11-7-24(5-6-24)8-12-27/h1-2,13,17H,3-12,14-16H2,(H2,25,31). The van der Waals surface area contributed by atoms with E-state index >= 15 is 0 Å². The van der Waals surface area contributed by atoms with Crippen molar-refractivity contribution in [2.24, 2.45) is 17.1 Å². The average molecular weight is 425 g/mol. The molecule has 2 N–H and O–H groups in total. The molecule has 3 amide bonds. The maximum absolute atomic E-state index is 12.7. The second kappa shape index (κ2) is 7.93. The third-order valence-corrected chi connectivity index (χ3v) is 7.94.